The van der Waals surface area contributed by atoms with E-state index in [0.29, 0.717) is 0 Å². The Balaban J connectivity index is 3.03. The smallest absolute Gasteiger partial charge is 0.136 e. The summed E-state index contributed by atoms with van der Waals surface area (Å²) in [5.74, 6) is -1.05. The van der Waals surface area contributed by atoms with E-state index in [1.807, 2.05) is 0 Å². The molecule has 72 valence electrons. The molecular weight excluding hydrogens is 168 g/mol. The van der Waals surface area contributed by atoms with Crippen LogP contribution in [0.25, 0.3) is 0 Å². The van der Waals surface area contributed by atoms with E-state index in [2.05, 4.69) is 34.6 Å². The number of aliphatic hydroxyl groups is 2. The Morgan fingerprint density at radius 3 is 1.42 bits per heavy atom. The molecule has 0 saturated carbocycles. The van der Waals surface area contributed by atoms with Crippen LogP contribution in [0.5, 0.6) is 0 Å². The zero-order valence-corrected chi connectivity index (χ0v) is 9.68. The average Bonchev–Trinajstić information content (AvgIpc) is 2.21. The van der Waals surface area contributed by atoms with Crippen LogP contribution in [-0.4, -0.2) is 24.2 Å². The highest BCUT2D eigenvalue weighted by Crippen LogP contribution is 2.82. The van der Waals surface area contributed by atoms with Crippen molar-refractivity contribution in [2.45, 2.75) is 56.7 Å². The number of aliphatic hydroxyl groups excluding tert-OH is 1. The fourth-order valence-corrected chi connectivity index (χ4v) is 10.0. The summed E-state index contributed by atoms with van der Waals surface area (Å²) in [6.07, 6.45) is 0. The molecule has 1 saturated heterocycles. The predicted molar refractivity (Wildman–Crippen MR) is 52.5 cm³/mol. The van der Waals surface area contributed by atoms with Crippen molar-refractivity contribution in [2.75, 3.05) is 0 Å². The maximum Gasteiger partial charge on any atom is 0.136 e. The van der Waals surface area contributed by atoms with Crippen LogP contribution >= 0.6 is 0 Å². The Bertz CT molecular complexity index is 183. The van der Waals surface area contributed by atoms with Gasteiger partial charge in [0.05, 0.1) is 0 Å². The summed E-state index contributed by atoms with van der Waals surface area (Å²) in [5, 5.41) is 19.2. The molecule has 1 aliphatic rings. The van der Waals surface area contributed by atoms with E-state index >= 15 is 0 Å². The molecule has 0 bridgehead atoms. The largest absolute Gasteiger partial charge is 0.372 e. The summed E-state index contributed by atoms with van der Waals surface area (Å²) < 4.78 is 0. The molecule has 3 heteroatoms. The fraction of sp³-hybridized carbons (Fsp3) is 1.00. The molecule has 1 aliphatic heterocycles. The average molecular weight is 188 g/mol. The second-order valence-electron chi connectivity index (χ2n) is 4.95. The minimum absolute atomic E-state index is 0.170. The molecule has 0 amide bonds. The van der Waals surface area contributed by atoms with Gasteiger partial charge in [0, 0.05) is 0 Å². The molecule has 0 aliphatic carbocycles. The summed E-state index contributed by atoms with van der Waals surface area (Å²) in [4.78, 5) is 0. The third-order valence-electron chi connectivity index (χ3n) is 4.73. The van der Waals surface area contributed by atoms with Crippen LogP contribution in [0, 0.1) is 0 Å². The van der Waals surface area contributed by atoms with Crippen molar-refractivity contribution >= 4 is 8.07 Å². The molecule has 0 aromatic rings. The molecule has 1 fully saturated rings. The molecule has 0 aromatic heterocycles. The van der Waals surface area contributed by atoms with Crippen molar-refractivity contribution in [1.29, 1.82) is 0 Å². The molecule has 0 spiro atoms. The first-order chi connectivity index (χ1) is 5.25. The zero-order chi connectivity index (χ0) is 9.78. The Morgan fingerprint density at radius 1 is 1.08 bits per heavy atom. The maximum absolute atomic E-state index is 9.43. The van der Waals surface area contributed by atoms with Gasteiger partial charge in [-0.05, 0) is 10.1 Å². The first-order valence-electron chi connectivity index (χ1n) is 4.62. The van der Waals surface area contributed by atoms with Gasteiger partial charge in [-0.15, -0.1) is 0 Å². The van der Waals surface area contributed by atoms with Gasteiger partial charge in [0.25, 0.3) is 0 Å². The van der Waals surface area contributed by atoms with E-state index in [0.717, 1.165) is 6.04 Å². The van der Waals surface area contributed by atoms with E-state index in [9.17, 15) is 10.2 Å². The van der Waals surface area contributed by atoms with Gasteiger partial charge < -0.3 is 10.2 Å². The van der Waals surface area contributed by atoms with Gasteiger partial charge in [-0.2, -0.15) is 0 Å². The molecule has 1 rings (SSSR count). The predicted octanol–water partition coefficient (Wildman–Crippen LogP) is 1.88. The molecule has 2 nitrogen and oxygen atoms in total. The molecule has 2 N–H and O–H groups in total. The monoisotopic (exact) mass is 188 g/mol. The third-order valence-corrected chi connectivity index (χ3v) is 12.2. The molecule has 0 atom stereocenters. The summed E-state index contributed by atoms with van der Waals surface area (Å²) >= 11 is 0. The minimum atomic E-state index is -1.85. The van der Waals surface area contributed by atoms with Crippen LogP contribution in [0.4, 0.5) is 0 Å². The Labute approximate surface area is 75.6 Å². The van der Waals surface area contributed by atoms with Gasteiger partial charge in [0.15, 0.2) is 0 Å². The summed E-state index contributed by atoms with van der Waals surface area (Å²) in [6.45, 7) is 10.8. The highest BCUT2D eigenvalue weighted by molar-refractivity contribution is 6.97. The van der Waals surface area contributed by atoms with E-state index in [-0.39, 0.29) is 10.1 Å². The standard InChI is InChI=1S/C9H20O2Si/c1-6-12(7(10)11)8(2,3)9(12,4)5/h7,10-11H,6H2,1-5H3. The van der Waals surface area contributed by atoms with Crippen molar-refractivity contribution < 1.29 is 10.2 Å². The SMILES string of the molecule is CC[Si]1(C(O)O)C(C)(C)C1(C)C. The lowest BCUT2D eigenvalue weighted by Gasteiger charge is -2.19. The van der Waals surface area contributed by atoms with Crippen molar-refractivity contribution in [3.05, 3.63) is 0 Å². The van der Waals surface area contributed by atoms with Gasteiger partial charge in [-0.3, -0.25) is 0 Å². The lowest BCUT2D eigenvalue weighted by molar-refractivity contribution is 0.0222. The zero-order valence-electron chi connectivity index (χ0n) is 8.68. The summed E-state index contributed by atoms with van der Waals surface area (Å²) in [6, 6.07) is 0.963. The van der Waals surface area contributed by atoms with Crippen molar-refractivity contribution in [1.82, 2.24) is 0 Å². The molecular formula is C9H20O2Si. The van der Waals surface area contributed by atoms with Gasteiger partial charge >= 0.3 is 0 Å². The van der Waals surface area contributed by atoms with Crippen LogP contribution < -0.4 is 0 Å². The van der Waals surface area contributed by atoms with Gasteiger partial charge in [-0.1, -0.05) is 40.7 Å². The van der Waals surface area contributed by atoms with Crippen molar-refractivity contribution in [3.63, 3.8) is 0 Å². The molecule has 0 radical (unpaired) electrons. The van der Waals surface area contributed by atoms with Gasteiger partial charge in [0.1, 0.15) is 14.0 Å². The van der Waals surface area contributed by atoms with Crippen LogP contribution in [0.1, 0.15) is 34.6 Å². The van der Waals surface area contributed by atoms with Crippen LogP contribution in [-0.2, 0) is 0 Å². The first-order valence-corrected chi connectivity index (χ1v) is 6.90. The number of hydrogen-bond donors (Lipinski definition) is 2. The highest BCUT2D eigenvalue weighted by atomic mass is 28.3. The second-order valence-corrected chi connectivity index (χ2v) is 10.6. The van der Waals surface area contributed by atoms with Crippen LogP contribution in [0.2, 0.25) is 16.1 Å². The van der Waals surface area contributed by atoms with Crippen LogP contribution in [0.3, 0.4) is 0 Å². The first kappa shape index (κ1) is 10.2. The van der Waals surface area contributed by atoms with Crippen molar-refractivity contribution in [2.24, 2.45) is 0 Å². The fourth-order valence-electron chi connectivity index (χ4n) is 3.18. The minimum Gasteiger partial charge on any atom is -0.372 e. The molecule has 12 heavy (non-hydrogen) atoms. The normalized spacial score (nSPS) is 29.0. The molecule has 0 aromatic carbocycles. The van der Waals surface area contributed by atoms with Gasteiger partial charge in [-0.25, -0.2) is 0 Å². The Hall–Kier alpha value is 0.137. The van der Waals surface area contributed by atoms with Crippen molar-refractivity contribution in [3.8, 4) is 0 Å². The third kappa shape index (κ3) is 0.726. The maximum atomic E-state index is 9.43. The topological polar surface area (TPSA) is 40.5 Å². The second kappa shape index (κ2) is 2.34. The molecule has 1 heterocycles. The summed E-state index contributed by atoms with van der Waals surface area (Å²) in [5.41, 5.74) is 0. The van der Waals surface area contributed by atoms with E-state index in [4.69, 9.17) is 0 Å². The number of hydrogen-bond acceptors (Lipinski definition) is 2. The number of rotatable bonds is 2. The lowest BCUT2D eigenvalue weighted by Crippen LogP contribution is -2.37. The Kier molecular flexibility index (Phi) is 1.99. The van der Waals surface area contributed by atoms with Gasteiger partial charge in [0.2, 0.25) is 0 Å². The molecule has 0 unspecified atom stereocenters. The summed E-state index contributed by atoms with van der Waals surface area (Å²) in [7, 11) is -1.85. The van der Waals surface area contributed by atoms with E-state index in [1.165, 1.54) is 0 Å². The van der Waals surface area contributed by atoms with Crippen LogP contribution in [0.15, 0.2) is 0 Å². The highest BCUT2D eigenvalue weighted by Gasteiger charge is 2.80. The van der Waals surface area contributed by atoms with E-state index < -0.39 is 14.0 Å². The lowest BCUT2D eigenvalue weighted by atomic mass is 10.0. The quantitative estimate of drug-likeness (QED) is 0.513. The van der Waals surface area contributed by atoms with E-state index in [1.54, 1.807) is 0 Å². The Morgan fingerprint density at radius 2 is 1.42 bits per heavy atom.